The molecule has 0 spiro atoms. The molecule has 2 N–H and O–H groups in total. The molecule has 3 aromatic rings. The summed E-state index contributed by atoms with van der Waals surface area (Å²) < 4.78 is 1.70. The number of Topliss-reactive ketones (excluding diaryl/α,β-unsaturated/α-hetero) is 1. The van der Waals surface area contributed by atoms with Gasteiger partial charge in [0, 0.05) is 20.4 Å². The smallest absolute Gasteiger partial charge is 0.231 e. The van der Waals surface area contributed by atoms with E-state index >= 15 is 0 Å². The minimum Gasteiger partial charge on any atom is -0.384 e. The summed E-state index contributed by atoms with van der Waals surface area (Å²) in [5.74, 6) is -2.33. The van der Waals surface area contributed by atoms with Gasteiger partial charge in [0.15, 0.2) is 5.78 Å². The summed E-state index contributed by atoms with van der Waals surface area (Å²) in [5.41, 5.74) is 1.08. The molecule has 0 radical (unpaired) electrons. The van der Waals surface area contributed by atoms with Crippen molar-refractivity contribution in [3.05, 3.63) is 98.4 Å². The fourth-order valence-corrected chi connectivity index (χ4v) is 5.74. The van der Waals surface area contributed by atoms with E-state index in [0.717, 1.165) is 14.5 Å². The van der Waals surface area contributed by atoms with Crippen molar-refractivity contribution in [2.24, 2.45) is 11.8 Å². The van der Waals surface area contributed by atoms with Crippen molar-refractivity contribution in [1.82, 2.24) is 0 Å². The number of aliphatic hydroxyl groups is 1. The summed E-state index contributed by atoms with van der Waals surface area (Å²) in [6.07, 6.45) is 0.288. The number of carbonyl (C=O) groups excluding carboxylic acids is 2. The molecule has 4 nitrogen and oxygen atoms in total. The Balaban J connectivity index is 1.71. The number of ketones is 1. The maximum absolute atomic E-state index is 13.9. The van der Waals surface area contributed by atoms with Crippen LogP contribution in [-0.4, -0.2) is 16.8 Å². The van der Waals surface area contributed by atoms with E-state index in [-0.39, 0.29) is 24.0 Å². The number of nitrogens with one attached hydrogen (secondary N) is 1. The van der Waals surface area contributed by atoms with E-state index < -0.39 is 17.4 Å². The summed E-state index contributed by atoms with van der Waals surface area (Å²) in [5, 5.41) is 14.9. The molecule has 1 heterocycles. The molecule has 156 valence electrons. The van der Waals surface area contributed by atoms with Crippen molar-refractivity contribution in [2.45, 2.75) is 17.9 Å². The summed E-state index contributed by atoms with van der Waals surface area (Å²) in [6, 6.07) is 22.3. The molecule has 0 aromatic heterocycles. The molecule has 1 saturated carbocycles. The van der Waals surface area contributed by atoms with Crippen LogP contribution in [0.2, 0.25) is 0 Å². The van der Waals surface area contributed by atoms with Gasteiger partial charge in [-0.25, -0.2) is 0 Å². The van der Waals surface area contributed by atoms with E-state index in [1.807, 2.05) is 54.6 Å². The Morgan fingerprint density at radius 1 is 0.903 bits per heavy atom. The third-order valence-corrected chi connectivity index (χ3v) is 7.52. The highest BCUT2D eigenvalue weighted by Crippen LogP contribution is 2.56. The van der Waals surface area contributed by atoms with Gasteiger partial charge < -0.3 is 10.4 Å². The molecule has 4 unspecified atom stereocenters. The van der Waals surface area contributed by atoms with Crippen LogP contribution in [0.5, 0.6) is 0 Å². The average Bonchev–Trinajstić information content (AvgIpc) is 3.04. The fourth-order valence-electron chi connectivity index (χ4n) is 5.11. The molecule has 0 bridgehead atoms. The number of hydrogen-bond acceptors (Lipinski definition) is 3. The number of fused-ring (bicyclic) bond motifs is 2. The average molecular weight is 541 g/mol. The van der Waals surface area contributed by atoms with Gasteiger partial charge in [-0.15, -0.1) is 0 Å². The third-order valence-electron chi connectivity index (χ3n) is 6.50. The minimum atomic E-state index is -1.46. The van der Waals surface area contributed by atoms with E-state index in [4.69, 9.17) is 0 Å². The lowest BCUT2D eigenvalue weighted by molar-refractivity contribution is -0.129. The fraction of sp³-hybridized carbons (Fsp3) is 0.200. The number of benzene rings is 3. The van der Waals surface area contributed by atoms with Crippen molar-refractivity contribution >= 4 is 49.2 Å². The van der Waals surface area contributed by atoms with Crippen LogP contribution in [0.15, 0.2) is 81.7 Å². The van der Waals surface area contributed by atoms with E-state index in [9.17, 15) is 14.7 Å². The van der Waals surface area contributed by atoms with Crippen LogP contribution in [-0.2, 0) is 10.4 Å². The van der Waals surface area contributed by atoms with E-state index in [2.05, 4.69) is 37.2 Å². The molecule has 2 aliphatic rings. The van der Waals surface area contributed by atoms with Crippen LogP contribution < -0.4 is 5.32 Å². The number of anilines is 1. The van der Waals surface area contributed by atoms with Crippen LogP contribution in [0.4, 0.5) is 5.69 Å². The highest BCUT2D eigenvalue weighted by molar-refractivity contribution is 9.10. The van der Waals surface area contributed by atoms with Crippen LogP contribution in [0.25, 0.3) is 0 Å². The number of hydrogen-bond donors (Lipinski definition) is 2. The van der Waals surface area contributed by atoms with Crippen molar-refractivity contribution in [2.75, 3.05) is 5.32 Å². The predicted octanol–water partition coefficient (Wildman–Crippen LogP) is 5.65. The first-order valence-electron chi connectivity index (χ1n) is 10.1. The van der Waals surface area contributed by atoms with Crippen LogP contribution >= 0.6 is 31.9 Å². The molecule has 1 aliphatic carbocycles. The zero-order valence-corrected chi connectivity index (χ0v) is 19.6. The number of carbonyl (C=O) groups is 2. The Morgan fingerprint density at radius 2 is 1.58 bits per heavy atom. The molecule has 1 aliphatic heterocycles. The van der Waals surface area contributed by atoms with Crippen LogP contribution in [0.3, 0.4) is 0 Å². The standard InChI is InChI=1S/C25H19Br2NO3/c26-16-8-6-14(7-9-16)19-13-25(31,15-4-2-1-3-5-15)22-21(19)23(29)18-12-17(27)10-11-20(18)28-24(22)30/h1-12,19,21-22,31H,13H2,(H,28,30). The lowest BCUT2D eigenvalue weighted by Crippen LogP contribution is -2.41. The molecule has 1 amide bonds. The van der Waals surface area contributed by atoms with E-state index in [0.29, 0.717) is 16.8 Å². The summed E-state index contributed by atoms with van der Waals surface area (Å²) >= 11 is 6.90. The van der Waals surface area contributed by atoms with Gasteiger partial charge in [0.25, 0.3) is 0 Å². The second-order valence-electron chi connectivity index (χ2n) is 8.20. The van der Waals surface area contributed by atoms with Gasteiger partial charge in [-0.2, -0.15) is 0 Å². The molecule has 31 heavy (non-hydrogen) atoms. The SMILES string of the molecule is O=C1c2cc(Br)ccc2NC(=O)C2C1C(c1ccc(Br)cc1)CC2(O)c1ccccc1. The molecular formula is C25H19Br2NO3. The van der Waals surface area contributed by atoms with Gasteiger partial charge in [-0.1, -0.05) is 74.3 Å². The van der Waals surface area contributed by atoms with Crippen molar-refractivity contribution in [3.63, 3.8) is 0 Å². The second-order valence-corrected chi connectivity index (χ2v) is 10.0. The van der Waals surface area contributed by atoms with Crippen molar-refractivity contribution < 1.29 is 14.7 Å². The monoisotopic (exact) mass is 539 g/mol. The first-order valence-corrected chi connectivity index (χ1v) is 11.6. The number of amides is 1. The molecule has 4 atom stereocenters. The number of halogens is 2. The Kier molecular flexibility index (Phi) is 5.12. The molecule has 0 saturated heterocycles. The molecule has 5 rings (SSSR count). The minimum absolute atomic E-state index is 0.126. The van der Waals surface area contributed by atoms with Crippen molar-refractivity contribution in [3.8, 4) is 0 Å². The van der Waals surface area contributed by atoms with Gasteiger partial charge in [0.05, 0.1) is 11.6 Å². The molecule has 3 aromatic carbocycles. The zero-order chi connectivity index (χ0) is 21.8. The molecular weight excluding hydrogens is 522 g/mol. The van der Waals surface area contributed by atoms with Crippen LogP contribution in [0, 0.1) is 11.8 Å². The van der Waals surface area contributed by atoms with Gasteiger partial charge in [-0.3, -0.25) is 9.59 Å². The highest BCUT2D eigenvalue weighted by Gasteiger charge is 2.60. The maximum atomic E-state index is 13.9. The van der Waals surface area contributed by atoms with Gasteiger partial charge >= 0.3 is 0 Å². The lowest BCUT2D eigenvalue weighted by atomic mass is 9.77. The summed E-state index contributed by atoms with van der Waals surface area (Å²) in [4.78, 5) is 27.3. The number of rotatable bonds is 2. The molecule has 6 heteroatoms. The van der Waals surface area contributed by atoms with E-state index in [1.165, 1.54) is 0 Å². The van der Waals surface area contributed by atoms with Gasteiger partial charge in [0.2, 0.25) is 5.91 Å². The first-order chi connectivity index (χ1) is 14.9. The quantitative estimate of drug-likeness (QED) is 0.441. The highest BCUT2D eigenvalue weighted by atomic mass is 79.9. The zero-order valence-electron chi connectivity index (χ0n) is 16.4. The largest absolute Gasteiger partial charge is 0.384 e. The third kappa shape index (κ3) is 3.37. The van der Waals surface area contributed by atoms with Gasteiger partial charge in [0.1, 0.15) is 5.60 Å². The Morgan fingerprint density at radius 3 is 2.29 bits per heavy atom. The Labute approximate surface area is 196 Å². The lowest BCUT2D eigenvalue weighted by Gasteiger charge is -2.30. The Bertz CT molecular complexity index is 1180. The van der Waals surface area contributed by atoms with Crippen LogP contribution in [0.1, 0.15) is 33.8 Å². The Hall–Kier alpha value is -2.28. The summed E-state index contributed by atoms with van der Waals surface area (Å²) in [7, 11) is 0. The second kappa shape index (κ2) is 7.69. The van der Waals surface area contributed by atoms with Gasteiger partial charge in [-0.05, 0) is 53.8 Å². The predicted molar refractivity (Wildman–Crippen MR) is 126 cm³/mol. The van der Waals surface area contributed by atoms with Crippen molar-refractivity contribution in [1.29, 1.82) is 0 Å². The molecule has 1 fully saturated rings. The maximum Gasteiger partial charge on any atom is 0.231 e. The topological polar surface area (TPSA) is 66.4 Å². The summed E-state index contributed by atoms with van der Waals surface area (Å²) in [6.45, 7) is 0. The normalized spacial score (nSPS) is 27.3. The first kappa shape index (κ1) is 20.6. The van der Waals surface area contributed by atoms with E-state index in [1.54, 1.807) is 18.2 Å².